The Bertz CT molecular complexity index is 960. The van der Waals surface area contributed by atoms with E-state index in [-0.39, 0.29) is 31.1 Å². The Morgan fingerprint density at radius 3 is 0.694 bits per heavy atom. The van der Waals surface area contributed by atoms with Crippen molar-refractivity contribution in [2.75, 3.05) is 13.2 Å². The summed E-state index contributed by atoms with van der Waals surface area (Å²) in [4.78, 5) is 38.0. The van der Waals surface area contributed by atoms with Gasteiger partial charge in [0.2, 0.25) is 0 Å². The van der Waals surface area contributed by atoms with Gasteiger partial charge in [-0.05, 0) is 37.0 Å². The fraction of sp³-hybridized carbons (Fsp3) is 0.946. The van der Waals surface area contributed by atoms with Crippen LogP contribution in [0.1, 0.15) is 305 Å². The maximum absolute atomic E-state index is 12.8. The summed E-state index contributed by atoms with van der Waals surface area (Å²) in [5.41, 5.74) is 0. The molecule has 0 aromatic rings. The summed E-state index contributed by atoms with van der Waals surface area (Å²) in [5, 5.41) is 0. The molecule has 0 aliphatic rings. The van der Waals surface area contributed by atoms with Crippen LogP contribution in [0.2, 0.25) is 0 Å². The van der Waals surface area contributed by atoms with Gasteiger partial charge in [-0.15, -0.1) is 0 Å². The van der Waals surface area contributed by atoms with Crippen LogP contribution >= 0.6 is 0 Å². The molecule has 0 heterocycles. The molecule has 0 N–H and O–H groups in total. The molecule has 368 valence electrons. The average Bonchev–Trinajstić information content (AvgIpc) is 3.23. The number of carbonyl (C=O) groups excluding carboxylic acids is 3. The number of rotatable bonds is 49. The third-order valence-electron chi connectivity index (χ3n) is 12.6. The molecule has 62 heavy (non-hydrogen) atoms. The highest BCUT2D eigenvalue weighted by Gasteiger charge is 2.19. The van der Waals surface area contributed by atoms with Gasteiger partial charge in [0.15, 0.2) is 6.10 Å². The lowest BCUT2D eigenvalue weighted by Crippen LogP contribution is -2.30. The summed E-state index contributed by atoms with van der Waals surface area (Å²) < 4.78 is 16.9. The number of hydrogen-bond donors (Lipinski definition) is 0. The van der Waals surface area contributed by atoms with Crippen LogP contribution in [0.3, 0.4) is 0 Å². The predicted octanol–water partition coefficient (Wildman–Crippen LogP) is 17.9. The zero-order valence-electron chi connectivity index (χ0n) is 42.7. The SMILES string of the molecule is CC(C)CCCCCCCCCCCCCCCCCC(=O)OC[C@H](COC(=O)CCCCCCCCCCCCC(C)C)OC(=O)CCCCCCCCCCCCC(C)C. The molecule has 0 fully saturated rings. The molecule has 0 amide bonds. The first-order valence-corrected chi connectivity index (χ1v) is 27.6. The lowest BCUT2D eigenvalue weighted by atomic mass is 10.0. The van der Waals surface area contributed by atoms with Crippen LogP contribution in [0.5, 0.6) is 0 Å². The largest absolute Gasteiger partial charge is 0.462 e. The van der Waals surface area contributed by atoms with E-state index in [4.69, 9.17) is 14.2 Å². The summed E-state index contributed by atoms with van der Waals surface area (Å²) >= 11 is 0. The van der Waals surface area contributed by atoms with Crippen LogP contribution in [0.25, 0.3) is 0 Å². The van der Waals surface area contributed by atoms with Gasteiger partial charge in [-0.1, -0.05) is 266 Å². The third kappa shape index (κ3) is 49.4. The molecule has 0 aliphatic heterocycles. The minimum atomic E-state index is -0.763. The highest BCUT2D eigenvalue weighted by molar-refractivity contribution is 5.71. The first-order chi connectivity index (χ1) is 30.1. The van der Waals surface area contributed by atoms with Gasteiger partial charge in [-0.3, -0.25) is 14.4 Å². The minimum absolute atomic E-state index is 0.0641. The Balaban J connectivity index is 4.28. The molecule has 0 saturated carbocycles. The van der Waals surface area contributed by atoms with Crippen LogP contribution < -0.4 is 0 Å². The lowest BCUT2D eigenvalue weighted by Gasteiger charge is -2.18. The molecule has 0 saturated heterocycles. The number of hydrogen-bond acceptors (Lipinski definition) is 6. The number of esters is 3. The summed E-state index contributed by atoms with van der Waals surface area (Å²) in [6, 6.07) is 0. The quantitative estimate of drug-likeness (QED) is 0.0344. The Hall–Kier alpha value is -1.59. The van der Waals surface area contributed by atoms with E-state index in [0.29, 0.717) is 19.3 Å². The molecule has 0 bridgehead atoms. The van der Waals surface area contributed by atoms with E-state index in [1.807, 2.05) is 0 Å². The Labute approximate surface area is 387 Å². The van der Waals surface area contributed by atoms with Gasteiger partial charge in [0.1, 0.15) is 13.2 Å². The summed E-state index contributed by atoms with van der Waals surface area (Å²) in [6.07, 6.45) is 48.1. The molecule has 0 aromatic carbocycles. The first kappa shape index (κ1) is 60.4. The van der Waals surface area contributed by atoms with E-state index < -0.39 is 6.10 Å². The van der Waals surface area contributed by atoms with E-state index >= 15 is 0 Å². The minimum Gasteiger partial charge on any atom is -0.462 e. The normalized spacial score (nSPS) is 12.1. The highest BCUT2D eigenvalue weighted by Crippen LogP contribution is 2.18. The molecule has 6 heteroatoms. The second-order valence-corrected chi connectivity index (χ2v) is 20.6. The Morgan fingerprint density at radius 2 is 0.468 bits per heavy atom. The first-order valence-electron chi connectivity index (χ1n) is 27.6. The van der Waals surface area contributed by atoms with Gasteiger partial charge in [0.05, 0.1) is 0 Å². The van der Waals surface area contributed by atoms with Crippen molar-refractivity contribution in [1.82, 2.24) is 0 Å². The molecular formula is C56H108O6. The molecule has 0 aliphatic carbocycles. The van der Waals surface area contributed by atoms with Gasteiger partial charge in [-0.25, -0.2) is 0 Å². The summed E-state index contributed by atoms with van der Waals surface area (Å²) in [5.74, 6) is 1.64. The lowest BCUT2D eigenvalue weighted by molar-refractivity contribution is -0.167. The van der Waals surface area contributed by atoms with Crippen LogP contribution in [-0.2, 0) is 28.6 Å². The maximum atomic E-state index is 12.8. The van der Waals surface area contributed by atoms with Crippen molar-refractivity contribution in [3.05, 3.63) is 0 Å². The van der Waals surface area contributed by atoms with E-state index in [9.17, 15) is 14.4 Å². The summed E-state index contributed by atoms with van der Waals surface area (Å²) in [7, 11) is 0. The van der Waals surface area contributed by atoms with Crippen molar-refractivity contribution in [2.45, 2.75) is 311 Å². The van der Waals surface area contributed by atoms with Crippen molar-refractivity contribution >= 4 is 17.9 Å². The van der Waals surface area contributed by atoms with Crippen LogP contribution in [0.15, 0.2) is 0 Å². The van der Waals surface area contributed by atoms with E-state index in [1.54, 1.807) is 0 Å². The van der Waals surface area contributed by atoms with Gasteiger partial charge < -0.3 is 14.2 Å². The molecule has 0 spiro atoms. The number of ether oxygens (including phenoxy) is 3. The van der Waals surface area contributed by atoms with E-state index in [1.165, 1.54) is 186 Å². The second-order valence-electron chi connectivity index (χ2n) is 20.6. The zero-order valence-corrected chi connectivity index (χ0v) is 42.7. The van der Waals surface area contributed by atoms with E-state index in [0.717, 1.165) is 75.5 Å². The second kappa shape index (κ2) is 47.4. The number of carbonyl (C=O) groups is 3. The molecule has 0 rings (SSSR count). The van der Waals surface area contributed by atoms with E-state index in [2.05, 4.69) is 41.5 Å². The molecule has 1 atom stereocenters. The fourth-order valence-corrected chi connectivity index (χ4v) is 8.47. The predicted molar refractivity (Wildman–Crippen MR) is 266 cm³/mol. The van der Waals surface area contributed by atoms with Crippen molar-refractivity contribution in [1.29, 1.82) is 0 Å². The summed E-state index contributed by atoms with van der Waals surface area (Å²) in [6.45, 7) is 13.7. The highest BCUT2D eigenvalue weighted by atomic mass is 16.6. The smallest absolute Gasteiger partial charge is 0.306 e. The maximum Gasteiger partial charge on any atom is 0.306 e. The van der Waals surface area contributed by atoms with Crippen molar-refractivity contribution in [2.24, 2.45) is 17.8 Å². The van der Waals surface area contributed by atoms with Gasteiger partial charge in [0.25, 0.3) is 0 Å². The fourth-order valence-electron chi connectivity index (χ4n) is 8.47. The van der Waals surface area contributed by atoms with Gasteiger partial charge in [0, 0.05) is 19.3 Å². The monoisotopic (exact) mass is 877 g/mol. The van der Waals surface area contributed by atoms with Crippen molar-refractivity contribution in [3.8, 4) is 0 Å². The molecule has 6 nitrogen and oxygen atoms in total. The van der Waals surface area contributed by atoms with Crippen LogP contribution in [0.4, 0.5) is 0 Å². The van der Waals surface area contributed by atoms with Crippen molar-refractivity contribution < 1.29 is 28.6 Å². The Kier molecular flexibility index (Phi) is 46.2. The molecular weight excluding hydrogens is 769 g/mol. The molecule has 0 aromatic heterocycles. The van der Waals surface area contributed by atoms with Gasteiger partial charge in [-0.2, -0.15) is 0 Å². The topological polar surface area (TPSA) is 78.9 Å². The number of unbranched alkanes of at least 4 members (excludes halogenated alkanes) is 32. The van der Waals surface area contributed by atoms with Gasteiger partial charge >= 0.3 is 17.9 Å². The molecule has 0 unspecified atom stereocenters. The van der Waals surface area contributed by atoms with Crippen LogP contribution in [0, 0.1) is 17.8 Å². The molecule has 0 radical (unpaired) electrons. The standard InChI is InChI=1S/C56H108O6/c1-50(2)42-36-30-24-18-12-10-8-7-9-11-13-21-27-33-39-45-54(57)60-48-53(62-56(59)47-41-35-29-23-17-15-20-26-32-38-44-52(5)6)49-61-55(58)46-40-34-28-22-16-14-19-25-31-37-43-51(3)4/h50-53H,7-49H2,1-6H3/t53-/m1/s1. The average molecular weight is 877 g/mol. The van der Waals surface area contributed by atoms with Crippen molar-refractivity contribution in [3.63, 3.8) is 0 Å². The van der Waals surface area contributed by atoms with Crippen LogP contribution in [-0.4, -0.2) is 37.2 Å². The zero-order chi connectivity index (χ0) is 45.6. The third-order valence-corrected chi connectivity index (χ3v) is 12.6. The Morgan fingerprint density at radius 1 is 0.274 bits per heavy atom.